The van der Waals surface area contributed by atoms with Crippen LogP contribution in [0.5, 0.6) is 0 Å². The number of nitrogens with one attached hydrogen (secondary N) is 2. The molecule has 0 fully saturated rings. The molecule has 1 heterocycles. The van der Waals surface area contributed by atoms with E-state index in [9.17, 15) is 8.42 Å². The van der Waals surface area contributed by atoms with Crippen molar-refractivity contribution in [1.29, 1.82) is 0 Å². The Balaban J connectivity index is 2.09. The van der Waals surface area contributed by atoms with Gasteiger partial charge in [-0.05, 0) is 52.3 Å². The maximum atomic E-state index is 12.1. The molecule has 2 aromatic rings. The maximum absolute atomic E-state index is 12.1. The molecule has 1 aromatic heterocycles. The fourth-order valence-corrected chi connectivity index (χ4v) is 4.02. The van der Waals surface area contributed by atoms with E-state index in [0.717, 1.165) is 14.4 Å². The van der Waals surface area contributed by atoms with Crippen LogP contribution >= 0.6 is 27.3 Å². The molecule has 0 spiro atoms. The second kappa shape index (κ2) is 6.04. The van der Waals surface area contributed by atoms with Crippen molar-refractivity contribution in [2.45, 2.75) is 11.4 Å². The van der Waals surface area contributed by atoms with E-state index in [1.54, 1.807) is 31.3 Å². The molecule has 2 N–H and O–H groups in total. The van der Waals surface area contributed by atoms with Crippen molar-refractivity contribution in [2.24, 2.45) is 0 Å². The Morgan fingerprint density at radius 1 is 1.16 bits per heavy atom. The van der Waals surface area contributed by atoms with E-state index in [2.05, 4.69) is 26.0 Å². The number of thiophene rings is 1. The number of hydrogen-bond donors (Lipinski definition) is 2. The van der Waals surface area contributed by atoms with Crippen molar-refractivity contribution in [3.8, 4) is 0 Å². The summed E-state index contributed by atoms with van der Waals surface area (Å²) in [6.45, 7) is 0.298. The zero-order valence-electron chi connectivity index (χ0n) is 10.2. The van der Waals surface area contributed by atoms with E-state index in [1.807, 2.05) is 12.1 Å². The third-order valence-corrected chi connectivity index (χ3v) is 5.56. The quantitative estimate of drug-likeness (QED) is 0.861. The van der Waals surface area contributed by atoms with Gasteiger partial charge >= 0.3 is 0 Å². The number of hydrogen-bond acceptors (Lipinski definition) is 4. The van der Waals surface area contributed by atoms with Gasteiger partial charge < -0.3 is 5.32 Å². The van der Waals surface area contributed by atoms with Gasteiger partial charge in [-0.3, -0.25) is 0 Å². The van der Waals surface area contributed by atoms with Crippen LogP contribution in [0.3, 0.4) is 0 Å². The van der Waals surface area contributed by atoms with Crippen LogP contribution in [-0.4, -0.2) is 15.5 Å². The van der Waals surface area contributed by atoms with Crippen molar-refractivity contribution >= 4 is 43.0 Å². The van der Waals surface area contributed by atoms with Gasteiger partial charge in [0, 0.05) is 24.2 Å². The topological polar surface area (TPSA) is 58.2 Å². The molecular formula is C12H13BrN2O2S2. The fourth-order valence-electron chi connectivity index (χ4n) is 1.50. The van der Waals surface area contributed by atoms with Crippen LogP contribution in [0.1, 0.15) is 4.88 Å². The maximum Gasteiger partial charge on any atom is 0.240 e. The normalized spacial score (nSPS) is 11.5. The summed E-state index contributed by atoms with van der Waals surface area (Å²) in [5.74, 6) is 0. The first-order valence-electron chi connectivity index (χ1n) is 5.53. The highest BCUT2D eigenvalue weighted by Gasteiger charge is 2.13. The van der Waals surface area contributed by atoms with E-state index >= 15 is 0 Å². The molecule has 2 rings (SSSR count). The van der Waals surface area contributed by atoms with Crippen molar-refractivity contribution < 1.29 is 8.42 Å². The lowest BCUT2D eigenvalue weighted by Crippen LogP contribution is -2.22. The molecule has 0 bridgehead atoms. The average Bonchev–Trinajstić information content (AvgIpc) is 2.82. The number of sulfonamides is 1. The molecule has 0 radical (unpaired) electrons. The van der Waals surface area contributed by atoms with E-state index in [0.29, 0.717) is 6.54 Å². The molecule has 7 heteroatoms. The van der Waals surface area contributed by atoms with Crippen molar-refractivity contribution in [3.05, 3.63) is 45.1 Å². The molecule has 0 amide bonds. The Morgan fingerprint density at radius 3 is 2.37 bits per heavy atom. The van der Waals surface area contributed by atoms with Gasteiger partial charge in [0.25, 0.3) is 0 Å². The van der Waals surface area contributed by atoms with Crippen LogP contribution in [0.25, 0.3) is 0 Å². The van der Waals surface area contributed by atoms with E-state index in [-0.39, 0.29) is 4.90 Å². The van der Waals surface area contributed by atoms with Gasteiger partial charge in [0.15, 0.2) is 0 Å². The average molecular weight is 361 g/mol. The lowest BCUT2D eigenvalue weighted by molar-refractivity contribution is 0.582. The number of rotatable bonds is 5. The first kappa shape index (κ1) is 14.5. The zero-order valence-corrected chi connectivity index (χ0v) is 13.4. The molecule has 0 aliphatic rings. The monoisotopic (exact) mass is 360 g/mol. The molecule has 0 unspecified atom stereocenters. The van der Waals surface area contributed by atoms with Crippen LogP contribution in [0, 0.1) is 0 Å². The summed E-state index contributed by atoms with van der Waals surface area (Å²) in [6.07, 6.45) is 0. The molecule has 0 saturated heterocycles. The van der Waals surface area contributed by atoms with Crippen LogP contribution in [-0.2, 0) is 16.6 Å². The van der Waals surface area contributed by atoms with Crippen LogP contribution in [0.15, 0.2) is 45.1 Å². The standard InChI is InChI=1S/C12H13BrN2O2S2/c1-14-9-2-5-11(6-3-9)19(16,17)15-8-10-4-7-12(13)18-10/h2-7,14-15H,8H2,1H3. The molecule has 0 aliphatic heterocycles. The second-order valence-electron chi connectivity index (χ2n) is 3.80. The largest absolute Gasteiger partial charge is 0.388 e. The Kier molecular flexibility index (Phi) is 4.62. The minimum absolute atomic E-state index is 0.266. The Bertz CT molecular complexity index is 651. The van der Waals surface area contributed by atoms with E-state index < -0.39 is 10.0 Å². The molecule has 102 valence electrons. The highest BCUT2D eigenvalue weighted by molar-refractivity contribution is 9.11. The molecule has 0 aliphatic carbocycles. The van der Waals surface area contributed by atoms with Gasteiger partial charge in [0.05, 0.1) is 8.68 Å². The van der Waals surface area contributed by atoms with E-state index in [1.165, 1.54) is 11.3 Å². The zero-order chi connectivity index (χ0) is 13.9. The lowest BCUT2D eigenvalue weighted by Gasteiger charge is -2.06. The van der Waals surface area contributed by atoms with Gasteiger partial charge in [0.2, 0.25) is 10.0 Å². The Labute approximate surface area is 125 Å². The third-order valence-electron chi connectivity index (χ3n) is 2.52. The van der Waals surface area contributed by atoms with Crippen molar-refractivity contribution in [3.63, 3.8) is 0 Å². The summed E-state index contributed by atoms with van der Waals surface area (Å²) in [7, 11) is -1.67. The van der Waals surface area contributed by atoms with Crippen LogP contribution < -0.4 is 10.0 Å². The first-order chi connectivity index (χ1) is 9.01. The number of anilines is 1. The van der Waals surface area contributed by atoms with E-state index in [4.69, 9.17) is 0 Å². The van der Waals surface area contributed by atoms with Gasteiger partial charge in [-0.1, -0.05) is 0 Å². The second-order valence-corrected chi connectivity index (χ2v) is 8.12. The predicted octanol–water partition coefficient (Wildman–Crippen LogP) is 3.03. The highest BCUT2D eigenvalue weighted by Crippen LogP contribution is 2.22. The number of halogens is 1. The van der Waals surface area contributed by atoms with Crippen molar-refractivity contribution in [2.75, 3.05) is 12.4 Å². The summed E-state index contributed by atoms with van der Waals surface area (Å²) < 4.78 is 27.7. The Morgan fingerprint density at radius 2 is 1.84 bits per heavy atom. The minimum atomic E-state index is -3.46. The van der Waals surface area contributed by atoms with Crippen LogP contribution in [0.4, 0.5) is 5.69 Å². The van der Waals surface area contributed by atoms with Gasteiger partial charge in [-0.2, -0.15) is 0 Å². The van der Waals surface area contributed by atoms with Crippen LogP contribution in [0.2, 0.25) is 0 Å². The Hall–Kier alpha value is -0.890. The highest BCUT2D eigenvalue weighted by atomic mass is 79.9. The SMILES string of the molecule is CNc1ccc(S(=O)(=O)NCc2ccc(Br)s2)cc1. The van der Waals surface area contributed by atoms with Crippen molar-refractivity contribution in [1.82, 2.24) is 4.72 Å². The fraction of sp³-hybridized carbons (Fsp3) is 0.167. The molecule has 1 aromatic carbocycles. The molecule has 0 saturated carbocycles. The van der Waals surface area contributed by atoms with Gasteiger partial charge in [0.1, 0.15) is 0 Å². The predicted molar refractivity (Wildman–Crippen MR) is 82.0 cm³/mol. The molecule has 19 heavy (non-hydrogen) atoms. The molecule has 0 atom stereocenters. The molecular weight excluding hydrogens is 348 g/mol. The van der Waals surface area contributed by atoms with Gasteiger partial charge in [-0.15, -0.1) is 11.3 Å². The number of benzene rings is 1. The van der Waals surface area contributed by atoms with Gasteiger partial charge in [-0.25, -0.2) is 13.1 Å². The summed E-state index contributed by atoms with van der Waals surface area (Å²) in [5.41, 5.74) is 0.876. The minimum Gasteiger partial charge on any atom is -0.388 e. The summed E-state index contributed by atoms with van der Waals surface area (Å²) in [6, 6.07) is 10.4. The summed E-state index contributed by atoms with van der Waals surface area (Å²) >= 11 is 4.86. The third kappa shape index (κ3) is 3.79. The first-order valence-corrected chi connectivity index (χ1v) is 8.62. The lowest BCUT2D eigenvalue weighted by atomic mass is 10.3. The smallest absolute Gasteiger partial charge is 0.240 e. The summed E-state index contributed by atoms with van der Waals surface area (Å²) in [4.78, 5) is 1.23. The molecule has 4 nitrogen and oxygen atoms in total. The summed E-state index contributed by atoms with van der Waals surface area (Å²) in [5, 5.41) is 2.95.